The lowest BCUT2D eigenvalue weighted by molar-refractivity contribution is 0.0918. The second-order valence-electron chi connectivity index (χ2n) is 3.56. The van der Waals surface area contributed by atoms with E-state index in [1.165, 1.54) is 0 Å². The van der Waals surface area contributed by atoms with Crippen molar-refractivity contribution in [3.05, 3.63) is 17.2 Å². The molecule has 2 N–H and O–H groups in total. The van der Waals surface area contributed by atoms with Crippen molar-refractivity contribution in [1.82, 2.24) is 0 Å². The van der Waals surface area contributed by atoms with Crippen LogP contribution in [0.3, 0.4) is 0 Å². The van der Waals surface area contributed by atoms with E-state index in [9.17, 15) is 5.11 Å². The molecule has 1 aliphatic heterocycles. The van der Waals surface area contributed by atoms with Crippen LogP contribution >= 0.6 is 0 Å². The molecule has 0 saturated carbocycles. The van der Waals surface area contributed by atoms with Crippen LogP contribution in [-0.4, -0.2) is 30.7 Å². The highest BCUT2D eigenvalue weighted by Gasteiger charge is 2.26. The molecule has 0 bridgehead atoms. The fraction of sp³-hybridized carbons (Fsp3) is 0.455. The molecule has 88 valence electrons. The molecule has 1 aromatic rings. The van der Waals surface area contributed by atoms with Crippen LogP contribution in [0.1, 0.15) is 17.2 Å². The van der Waals surface area contributed by atoms with Gasteiger partial charge in [-0.3, -0.25) is 0 Å². The lowest BCUT2D eigenvalue weighted by atomic mass is 10.0. The van der Waals surface area contributed by atoms with Gasteiger partial charge in [0.1, 0.15) is 11.9 Å². The molecule has 0 saturated heterocycles. The Labute approximate surface area is 93.2 Å². The van der Waals surface area contributed by atoms with Gasteiger partial charge in [0.25, 0.3) is 0 Å². The van der Waals surface area contributed by atoms with Crippen molar-refractivity contribution in [2.24, 2.45) is 0 Å². The normalized spacial score (nSPS) is 15.0. The number of rotatable bonds is 3. The van der Waals surface area contributed by atoms with Crippen molar-refractivity contribution in [3.8, 4) is 17.2 Å². The molecular weight excluding hydrogens is 212 g/mol. The summed E-state index contributed by atoms with van der Waals surface area (Å²) in [5.74, 6) is 1.66. The Morgan fingerprint density at radius 2 is 2.12 bits per heavy atom. The van der Waals surface area contributed by atoms with E-state index in [2.05, 4.69) is 0 Å². The molecular formula is C11H14O5. The monoisotopic (exact) mass is 226 g/mol. The third-order valence-electron chi connectivity index (χ3n) is 2.62. The van der Waals surface area contributed by atoms with Crippen LogP contribution in [0.15, 0.2) is 6.07 Å². The van der Waals surface area contributed by atoms with Gasteiger partial charge in [-0.1, -0.05) is 0 Å². The van der Waals surface area contributed by atoms with E-state index in [-0.39, 0.29) is 13.4 Å². The van der Waals surface area contributed by atoms with Gasteiger partial charge in [-0.2, -0.15) is 0 Å². The maximum Gasteiger partial charge on any atom is 0.231 e. The van der Waals surface area contributed by atoms with E-state index < -0.39 is 6.10 Å². The SMILES string of the molecule is COc1cc(C(O)CO)c2c(c1C)OCO2. The number of benzene rings is 1. The molecule has 2 rings (SSSR count). The minimum atomic E-state index is -0.995. The summed E-state index contributed by atoms with van der Waals surface area (Å²) in [6.45, 7) is 1.60. The van der Waals surface area contributed by atoms with Crippen molar-refractivity contribution in [2.45, 2.75) is 13.0 Å². The van der Waals surface area contributed by atoms with Crippen LogP contribution in [0, 0.1) is 6.92 Å². The molecule has 1 atom stereocenters. The zero-order valence-corrected chi connectivity index (χ0v) is 9.19. The molecule has 0 aromatic heterocycles. The number of aliphatic hydroxyl groups is 2. The Bertz CT molecular complexity index is 402. The van der Waals surface area contributed by atoms with E-state index in [1.807, 2.05) is 6.92 Å². The van der Waals surface area contributed by atoms with Gasteiger partial charge in [-0.25, -0.2) is 0 Å². The molecule has 1 heterocycles. The van der Waals surface area contributed by atoms with Gasteiger partial charge in [-0.15, -0.1) is 0 Å². The first kappa shape index (κ1) is 11.0. The van der Waals surface area contributed by atoms with Gasteiger partial charge in [0.2, 0.25) is 6.79 Å². The molecule has 0 radical (unpaired) electrons. The number of aliphatic hydroxyl groups excluding tert-OH is 2. The molecule has 0 spiro atoms. The van der Waals surface area contributed by atoms with Crippen LogP contribution in [0.4, 0.5) is 0 Å². The summed E-state index contributed by atoms with van der Waals surface area (Å²) >= 11 is 0. The second-order valence-corrected chi connectivity index (χ2v) is 3.56. The number of hydrogen-bond donors (Lipinski definition) is 2. The Hall–Kier alpha value is -1.46. The standard InChI is InChI=1S/C11H14O5/c1-6-9(14-2)3-7(8(13)4-12)11-10(6)15-5-16-11/h3,8,12-13H,4-5H2,1-2H3. The van der Waals surface area contributed by atoms with E-state index in [0.717, 1.165) is 5.56 Å². The summed E-state index contributed by atoms with van der Waals surface area (Å²) < 4.78 is 15.8. The van der Waals surface area contributed by atoms with Gasteiger partial charge in [0, 0.05) is 11.1 Å². The highest BCUT2D eigenvalue weighted by molar-refractivity contribution is 5.59. The first-order chi connectivity index (χ1) is 7.69. The molecule has 16 heavy (non-hydrogen) atoms. The first-order valence-electron chi connectivity index (χ1n) is 4.95. The fourth-order valence-electron chi connectivity index (χ4n) is 1.76. The van der Waals surface area contributed by atoms with Gasteiger partial charge >= 0.3 is 0 Å². The number of fused-ring (bicyclic) bond motifs is 1. The molecule has 1 aliphatic rings. The maximum atomic E-state index is 9.66. The molecule has 5 nitrogen and oxygen atoms in total. The van der Waals surface area contributed by atoms with Gasteiger partial charge in [0.15, 0.2) is 11.5 Å². The topological polar surface area (TPSA) is 68.2 Å². The third kappa shape index (κ3) is 1.58. The lowest BCUT2D eigenvalue weighted by Gasteiger charge is -2.14. The summed E-state index contributed by atoms with van der Waals surface area (Å²) in [5, 5.41) is 18.6. The summed E-state index contributed by atoms with van der Waals surface area (Å²) in [5.41, 5.74) is 1.31. The molecule has 0 aliphatic carbocycles. The minimum absolute atomic E-state index is 0.120. The molecule has 1 aromatic carbocycles. The van der Waals surface area contributed by atoms with Crippen molar-refractivity contribution in [2.75, 3.05) is 20.5 Å². The highest BCUT2D eigenvalue weighted by Crippen LogP contribution is 2.45. The van der Waals surface area contributed by atoms with Crippen LogP contribution in [0.25, 0.3) is 0 Å². The predicted molar refractivity (Wildman–Crippen MR) is 55.9 cm³/mol. The zero-order chi connectivity index (χ0) is 11.7. The molecule has 5 heteroatoms. The summed E-state index contributed by atoms with van der Waals surface area (Å²) in [4.78, 5) is 0. The number of ether oxygens (including phenoxy) is 3. The van der Waals surface area contributed by atoms with Gasteiger partial charge < -0.3 is 24.4 Å². The van der Waals surface area contributed by atoms with Crippen molar-refractivity contribution in [3.63, 3.8) is 0 Å². The smallest absolute Gasteiger partial charge is 0.231 e. The van der Waals surface area contributed by atoms with Crippen molar-refractivity contribution in [1.29, 1.82) is 0 Å². The number of methoxy groups -OCH3 is 1. The zero-order valence-electron chi connectivity index (χ0n) is 9.19. The second kappa shape index (κ2) is 4.19. The van der Waals surface area contributed by atoms with E-state index >= 15 is 0 Å². The Balaban J connectivity index is 2.57. The van der Waals surface area contributed by atoms with Crippen LogP contribution in [0.2, 0.25) is 0 Å². The minimum Gasteiger partial charge on any atom is -0.496 e. The summed E-state index contributed by atoms with van der Waals surface area (Å²) in [7, 11) is 1.54. The Morgan fingerprint density at radius 1 is 1.44 bits per heavy atom. The number of hydrogen-bond acceptors (Lipinski definition) is 5. The molecule has 1 unspecified atom stereocenters. The van der Waals surface area contributed by atoms with Crippen LogP contribution < -0.4 is 14.2 Å². The summed E-state index contributed by atoms with van der Waals surface area (Å²) in [6, 6.07) is 1.66. The highest BCUT2D eigenvalue weighted by atomic mass is 16.7. The van der Waals surface area contributed by atoms with Gasteiger partial charge in [-0.05, 0) is 13.0 Å². The Kier molecular flexibility index (Phi) is 2.89. The average Bonchev–Trinajstić information content (AvgIpc) is 2.78. The Morgan fingerprint density at radius 3 is 2.75 bits per heavy atom. The van der Waals surface area contributed by atoms with Crippen LogP contribution in [-0.2, 0) is 0 Å². The van der Waals surface area contributed by atoms with Crippen molar-refractivity contribution < 1.29 is 24.4 Å². The first-order valence-corrected chi connectivity index (χ1v) is 4.95. The largest absolute Gasteiger partial charge is 0.496 e. The average molecular weight is 226 g/mol. The molecule has 0 amide bonds. The van der Waals surface area contributed by atoms with Crippen molar-refractivity contribution >= 4 is 0 Å². The summed E-state index contributed by atoms with van der Waals surface area (Å²) in [6.07, 6.45) is -0.995. The van der Waals surface area contributed by atoms with E-state index in [4.69, 9.17) is 19.3 Å². The maximum absolute atomic E-state index is 9.66. The lowest BCUT2D eigenvalue weighted by Crippen LogP contribution is -2.05. The van der Waals surface area contributed by atoms with E-state index in [1.54, 1.807) is 13.2 Å². The predicted octanol–water partition coefficient (Wildman–Crippen LogP) is 0.758. The fourth-order valence-corrected chi connectivity index (χ4v) is 1.76. The third-order valence-corrected chi connectivity index (χ3v) is 2.62. The quantitative estimate of drug-likeness (QED) is 0.796. The molecule has 0 fully saturated rings. The van der Waals surface area contributed by atoms with Gasteiger partial charge in [0.05, 0.1) is 13.7 Å². The van der Waals surface area contributed by atoms with E-state index in [0.29, 0.717) is 22.8 Å². The van der Waals surface area contributed by atoms with Crippen LogP contribution in [0.5, 0.6) is 17.2 Å².